The zero-order valence-electron chi connectivity index (χ0n) is 12.4. The average Bonchev–Trinajstić information content (AvgIpc) is 2.42. The molecule has 0 amide bonds. The molecule has 0 spiro atoms. The zero-order valence-corrected chi connectivity index (χ0v) is 15.5. The average molecular weight is 421 g/mol. The highest BCUT2D eigenvalue weighted by atomic mass is 79.9. The van der Waals surface area contributed by atoms with Crippen LogP contribution < -0.4 is 10.1 Å². The maximum absolute atomic E-state index is 9.72. The van der Waals surface area contributed by atoms with Crippen LogP contribution in [0.3, 0.4) is 0 Å². The Labute approximate surface area is 143 Å². The van der Waals surface area contributed by atoms with Crippen LogP contribution in [0.15, 0.2) is 21.1 Å². The molecule has 21 heavy (non-hydrogen) atoms. The number of hydrogen-bond acceptors (Lipinski definition) is 3. The van der Waals surface area contributed by atoms with E-state index in [-0.39, 0.29) is 6.10 Å². The summed E-state index contributed by atoms with van der Waals surface area (Å²) in [6.07, 6.45) is 4.13. The Balaban J connectivity index is 1.92. The van der Waals surface area contributed by atoms with Crippen molar-refractivity contribution in [2.24, 2.45) is 5.92 Å². The first-order valence-corrected chi connectivity index (χ1v) is 9.18. The molecule has 1 aliphatic carbocycles. The third-order valence-electron chi connectivity index (χ3n) is 3.88. The van der Waals surface area contributed by atoms with Crippen LogP contribution in [0.4, 0.5) is 0 Å². The molecule has 1 aromatic carbocycles. The minimum atomic E-state index is -0.107. The molecule has 0 saturated heterocycles. The van der Waals surface area contributed by atoms with Gasteiger partial charge in [-0.3, -0.25) is 0 Å². The fourth-order valence-electron chi connectivity index (χ4n) is 2.91. The summed E-state index contributed by atoms with van der Waals surface area (Å²) in [6, 6.07) is 4.10. The Morgan fingerprint density at radius 2 is 2.14 bits per heavy atom. The lowest BCUT2D eigenvalue weighted by molar-refractivity contribution is 0.101. The molecule has 2 atom stereocenters. The van der Waals surface area contributed by atoms with Gasteiger partial charge in [0.2, 0.25) is 0 Å². The molecule has 2 rings (SSSR count). The highest BCUT2D eigenvalue weighted by molar-refractivity contribution is 9.11. The lowest BCUT2D eigenvalue weighted by Gasteiger charge is -2.26. The highest BCUT2D eigenvalue weighted by Gasteiger charge is 2.19. The van der Waals surface area contributed by atoms with E-state index in [1.807, 2.05) is 13.0 Å². The van der Waals surface area contributed by atoms with E-state index in [2.05, 4.69) is 43.2 Å². The SMILES string of the molecule is CCOc1c(Br)cc(Br)cc1CNCC1CCCC(O)C1. The van der Waals surface area contributed by atoms with Gasteiger partial charge in [-0.2, -0.15) is 0 Å². The lowest BCUT2D eigenvalue weighted by Crippen LogP contribution is -2.29. The summed E-state index contributed by atoms with van der Waals surface area (Å²) in [5, 5.41) is 13.2. The third-order valence-corrected chi connectivity index (χ3v) is 4.92. The van der Waals surface area contributed by atoms with Crippen LogP contribution in [0.2, 0.25) is 0 Å². The molecule has 118 valence electrons. The van der Waals surface area contributed by atoms with Gasteiger partial charge in [0.1, 0.15) is 5.75 Å². The molecule has 5 heteroatoms. The van der Waals surface area contributed by atoms with Crippen molar-refractivity contribution in [2.45, 2.75) is 45.3 Å². The smallest absolute Gasteiger partial charge is 0.138 e. The molecule has 1 saturated carbocycles. The zero-order chi connectivity index (χ0) is 15.2. The predicted octanol–water partition coefficient (Wildman–Crippen LogP) is 4.25. The molecule has 0 radical (unpaired) electrons. The fourth-order valence-corrected chi connectivity index (χ4v) is 4.34. The predicted molar refractivity (Wildman–Crippen MR) is 92.7 cm³/mol. The summed E-state index contributed by atoms with van der Waals surface area (Å²) in [5.74, 6) is 1.50. The fraction of sp³-hybridized carbons (Fsp3) is 0.625. The van der Waals surface area contributed by atoms with Crippen LogP contribution in [0, 0.1) is 5.92 Å². The first-order valence-electron chi connectivity index (χ1n) is 7.59. The van der Waals surface area contributed by atoms with E-state index in [0.717, 1.165) is 52.6 Å². The van der Waals surface area contributed by atoms with Gasteiger partial charge < -0.3 is 15.2 Å². The van der Waals surface area contributed by atoms with E-state index in [0.29, 0.717) is 12.5 Å². The molecule has 2 unspecified atom stereocenters. The monoisotopic (exact) mass is 419 g/mol. The number of benzene rings is 1. The first-order chi connectivity index (χ1) is 10.1. The molecule has 1 fully saturated rings. The van der Waals surface area contributed by atoms with Gasteiger partial charge in [-0.15, -0.1) is 0 Å². The number of aliphatic hydroxyl groups is 1. The van der Waals surface area contributed by atoms with Gasteiger partial charge in [0.25, 0.3) is 0 Å². The number of hydrogen-bond donors (Lipinski definition) is 2. The molecule has 0 aliphatic heterocycles. The molecule has 2 N–H and O–H groups in total. The van der Waals surface area contributed by atoms with Gasteiger partial charge in [-0.25, -0.2) is 0 Å². The second-order valence-corrected chi connectivity index (χ2v) is 7.40. The molecule has 1 aromatic rings. The molecule has 3 nitrogen and oxygen atoms in total. The molecule has 0 heterocycles. The van der Waals surface area contributed by atoms with Crippen molar-refractivity contribution in [2.75, 3.05) is 13.2 Å². The van der Waals surface area contributed by atoms with Crippen molar-refractivity contribution in [3.63, 3.8) is 0 Å². The molecule has 1 aliphatic rings. The molecular weight excluding hydrogens is 398 g/mol. The summed E-state index contributed by atoms with van der Waals surface area (Å²) in [6.45, 7) is 4.38. The minimum absolute atomic E-state index is 0.107. The summed E-state index contributed by atoms with van der Waals surface area (Å²) in [7, 11) is 0. The second-order valence-electron chi connectivity index (χ2n) is 5.63. The number of aliphatic hydroxyl groups excluding tert-OH is 1. The van der Waals surface area contributed by atoms with Crippen LogP contribution in [-0.4, -0.2) is 24.4 Å². The molecule has 0 bridgehead atoms. The van der Waals surface area contributed by atoms with Crippen LogP contribution in [0.25, 0.3) is 0 Å². The van der Waals surface area contributed by atoms with Gasteiger partial charge in [0, 0.05) is 16.6 Å². The maximum atomic E-state index is 9.72. The Morgan fingerprint density at radius 3 is 2.86 bits per heavy atom. The van der Waals surface area contributed by atoms with Crippen LogP contribution in [0.5, 0.6) is 5.75 Å². The van der Waals surface area contributed by atoms with Crippen LogP contribution in [0.1, 0.15) is 38.2 Å². The normalized spacial score (nSPS) is 22.3. The van der Waals surface area contributed by atoms with Gasteiger partial charge in [-0.05, 0) is 66.7 Å². The van der Waals surface area contributed by atoms with E-state index in [1.165, 1.54) is 6.42 Å². The quantitative estimate of drug-likeness (QED) is 0.722. The minimum Gasteiger partial charge on any atom is -0.492 e. The standard InChI is InChI=1S/C16H23Br2NO2/c1-2-21-16-12(7-13(17)8-15(16)18)10-19-9-11-4-3-5-14(20)6-11/h7-8,11,14,19-20H,2-6,9-10H2,1H3. The summed E-state index contributed by atoms with van der Waals surface area (Å²) in [5.41, 5.74) is 1.15. The van der Waals surface area contributed by atoms with Gasteiger partial charge >= 0.3 is 0 Å². The summed E-state index contributed by atoms with van der Waals surface area (Å²) in [4.78, 5) is 0. The van der Waals surface area contributed by atoms with E-state index < -0.39 is 0 Å². The van der Waals surface area contributed by atoms with Crippen LogP contribution >= 0.6 is 31.9 Å². The molecule has 0 aromatic heterocycles. The summed E-state index contributed by atoms with van der Waals surface area (Å²) >= 11 is 7.09. The van der Waals surface area contributed by atoms with Gasteiger partial charge in [-0.1, -0.05) is 22.4 Å². The Kier molecular flexibility index (Phi) is 6.99. The highest BCUT2D eigenvalue weighted by Crippen LogP contribution is 2.33. The van der Waals surface area contributed by atoms with E-state index in [9.17, 15) is 5.11 Å². The van der Waals surface area contributed by atoms with E-state index in [4.69, 9.17) is 4.74 Å². The topological polar surface area (TPSA) is 41.5 Å². The van der Waals surface area contributed by atoms with Crippen molar-refractivity contribution < 1.29 is 9.84 Å². The number of nitrogens with one attached hydrogen (secondary N) is 1. The van der Waals surface area contributed by atoms with E-state index >= 15 is 0 Å². The lowest BCUT2D eigenvalue weighted by atomic mass is 9.87. The number of ether oxygens (including phenoxy) is 1. The summed E-state index contributed by atoms with van der Waals surface area (Å²) < 4.78 is 7.75. The Morgan fingerprint density at radius 1 is 1.33 bits per heavy atom. The van der Waals surface area contributed by atoms with Crippen LogP contribution in [-0.2, 0) is 6.54 Å². The van der Waals surface area contributed by atoms with Crippen molar-refractivity contribution in [3.05, 3.63) is 26.6 Å². The van der Waals surface area contributed by atoms with E-state index in [1.54, 1.807) is 0 Å². The largest absolute Gasteiger partial charge is 0.492 e. The number of halogens is 2. The van der Waals surface area contributed by atoms with Crippen molar-refractivity contribution in [1.82, 2.24) is 5.32 Å². The van der Waals surface area contributed by atoms with Gasteiger partial charge in [0.15, 0.2) is 0 Å². The first kappa shape index (κ1) is 17.3. The Bertz CT molecular complexity index is 468. The van der Waals surface area contributed by atoms with Crippen molar-refractivity contribution in [3.8, 4) is 5.75 Å². The third kappa shape index (κ3) is 5.23. The Hall–Kier alpha value is -0.100. The number of rotatable bonds is 6. The van der Waals surface area contributed by atoms with Gasteiger partial charge in [0.05, 0.1) is 17.2 Å². The molecular formula is C16H23Br2NO2. The van der Waals surface area contributed by atoms with Crippen molar-refractivity contribution in [1.29, 1.82) is 0 Å². The van der Waals surface area contributed by atoms with Crippen molar-refractivity contribution >= 4 is 31.9 Å². The second kappa shape index (κ2) is 8.51. The maximum Gasteiger partial charge on any atom is 0.138 e.